The zero-order valence-corrected chi connectivity index (χ0v) is 15.4. The van der Waals surface area contributed by atoms with Gasteiger partial charge in [-0.1, -0.05) is 0 Å². The van der Waals surface area contributed by atoms with Crippen LogP contribution in [0.3, 0.4) is 0 Å². The van der Waals surface area contributed by atoms with Crippen molar-refractivity contribution in [1.82, 2.24) is 14.9 Å². The number of fused-ring (bicyclic) bond motifs is 1. The molecule has 2 aromatic rings. The maximum absolute atomic E-state index is 14.8. The van der Waals surface area contributed by atoms with E-state index in [1.807, 2.05) is 4.90 Å². The van der Waals surface area contributed by atoms with Crippen molar-refractivity contribution >= 4 is 17.0 Å². The molecule has 1 saturated heterocycles. The van der Waals surface area contributed by atoms with E-state index in [1.165, 1.54) is 14.2 Å². The summed E-state index contributed by atoms with van der Waals surface area (Å²) in [6, 6.07) is 3.32. The molecule has 0 bridgehead atoms. The molecule has 1 aliphatic rings. The van der Waals surface area contributed by atoms with E-state index in [9.17, 15) is 9.18 Å². The highest BCUT2D eigenvalue weighted by atomic mass is 19.1. The number of rotatable bonds is 6. The summed E-state index contributed by atoms with van der Waals surface area (Å²) in [5.41, 5.74) is 6.60. The van der Waals surface area contributed by atoms with Crippen LogP contribution in [0.2, 0.25) is 0 Å². The van der Waals surface area contributed by atoms with Crippen molar-refractivity contribution in [2.45, 2.75) is 12.0 Å². The molecule has 3 heterocycles. The molecule has 27 heavy (non-hydrogen) atoms. The fourth-order valence-corrected chi connectivity index (χ4v) is 3.26. The molecule has 0 saturated carbocycles. The normalized spacial score (nSPS) is 19.0. The summed E-state index contributed by atoms with van der Waals surface area (Å²) in [7, 11) is 2.76. The molecule has 146 valence electrons. The average molecular weight is 378 g/mol. The number of pyridine rings is 2. The van der Waals surface area contributed by atoms with E-state index in [4.69, 9.17) is 19.9 Å². The van der Waals surface area contributed by atoms with Gasteiger partial charge in [-0.2, -0.15) is 0 Å². The van der Waals surface area contributed by atoms with Gasteiger partial charge in [0.1, 0.15) is 5.82 Å². The zero-order chi connectivity index (χ0) is 19.4. The summed E-state index contributed by atoms with van der Waals surface area (Å²) in [4.78, 5) is 22.9. The summed E-state index contributed by atoms with van der Waals surface area (Å²) >= 11 is 0. The Kier molecular flexibility index (Phi) is 6.15. The lowest BCUT2D eigenvalue weighted by atomic mass is 9.96. The molecule has 0 amide bonds. The number of hydrogen-bond donors (Lipinski definition) is 1. The second-order valence-electron chi connectivity index (χ2n) is 6.30. The third-order valence-corrected chi connectivity index (χ3v) is 4.65. The van der Waals surface area contributed by atoms with Gasteiger partial charge in [-0.3, -0.25) is 14.7 Å². The van der Waals surface area contributed by atoms with Gasteiger partial charge in [-0.15, -0.1) is 0 Å². The van der Waals surface area contributed by atoms with E-state index >= 15 is 0 Å². The molecule has 1 aliphatic heterocycles. The molecular formula is C18H23FN4O4. The Hall–Kier alpha value is -2.36. The predicted octanol–water partition coefficient (Wildman–Crippen LogP) is 0.694. The first kappa shape index (κ1) is 19.4. The van der Waals surface area contributed by atoms with Crippen LogP contribution < -0.4 is 10.5 Å². The molecule has 2 aromatic heterocycles. The van der Waals surface area contributed by atoms with Gasteiger partial charge in [0.2, 0.25) is 5.88 Å². The lowest BCUT2D eigenvalue weighted by Crippen LogP contribution is -2.47. The molecule has 1 fully saturated rings. The van der Waals surface area contributed by atoms with Crippen LogP contribution in [0.4, 0.5) is 4.39 Å². The average Bonchev–Trinajstić information content (AvgIpc) is 2.71. The standard InChI is InChI=1S/C18H23FN4O4/c1-25-15-4-3-14-17(22-15)16(13(19)8-21-14)12(18(24)26-2)10-23-5-6-27-11(7-20)9-23/h3-4,8,11-12H,5-7,9-10,20H2,1-2H3/t11-,12?/m0/s1. The van der Waals surface area contributed by atoms with Crippen molar-refractivity contribution in [3.05, 3.63) is 29.7 Å². The number of carbonyl (C=O) groups is 1. The number of esters is 1. The molecular weight excluding hydrogens is 355 g/mol. The lowest BCUT2D eigenvalue weighted by Gasteiger charge is -2.34. The highest BCUT2D eigenvalue weighted by molar-refractivity contribution is 5.87. The third-order valence-electron chi connectivity index (χ3n) is 4.65. The van der Waals surface area contributed by atoms with Crippen LogP contribution in [0.25, 0.3) is 11.0 Å². The van der Waals surface area contributed by atoms with Crippen molar-refractivity contribution in [3.63, 3.8) is 0 Å². The van der Waals surface area contributed by atoms with Gasteiger partial charge in [-0.05, 0) is 6.07 Å². The Balaban J connectivity index is 2.02. The van der Waals surface area contributed by atoms with Gasteiger partial charge in [0.25, 0.3) is 0 Å². The Labute approximate surface area is 156 Å². The Morgan fingerprint density at radius 2 is 2.30 bits per heavy atom. The van der Waals surface area contributed by atoms with Crippen molar-refractivity contribution < 1.29 is 23.4 Å². The molecule has 0 spiro atoms. The topological polar surface area (TPSA) is 99.8 Å². The maximum Gasteiger partial charge on any atom is 0.314 e. The summed E-state index contributed by atoms with van der Waals surface area (Å²) in [5, 5.41) is 0. The first-order chi connectivity index (χ1) is 13.1. The highest BCUT2D eigenvalue weighted by Gasteiger charge is 2.32. The Bertz CT molecular complexity index is 819. The second-order valence-corrected chi connectivity index (χ2v) is 6.30. The van der Waals surface area contributed by atoms with Crippen LogP contribution >= 0.6 is 0 Å². The molecule has 2 atom stereocenters. The first-order valence-corrected chi connectivity index (χ1v) is 8.68. The number of hydrogen-bond acceptors (Lipinski definition) is 8. The zero-order valence-electron chi connectivity index (χ0n) is 15.4. The van der Waals surface area contributed by atoms with Crippen LogP contribution in [-0.4, -0.2) is 73.9 Å². The number of halogens is 1. The minimum atomic E-state index is -0.864. The fourth-order valence-electron chi connectivity index (χ4n) is 3.26. The van der Waals surface area contributed by atoms with Crippen LogP contribution in [0, 0.1) is 5.82 Å². The Morgan fingerprint density at radius 1 is 1.48 bits per heavy atom. The minimum absolute atomic E-state index is 0.116. The number of methoxy groups -OCH3 is 2. The number of morpholine rings is 1. The van der Waals surface area contributed by atoms with Gasteiger partial charge in [0.15, 0.2) is 0 Å². The molecule has 8 nitrogen and oxygen atoms in total. The molecule has 1 unspecified atom stereocenters. The highest BCUT2D eigenvalue weighted by Crippen LogP contribution is 2.29. The van der Waals surface area contributed by atoms with E-state index < -0.39 is 17.7 Å². The number of nitrogens with two attached hydrogens (primary N) is 1. The van der Waals surface area contributed by atoms with Gasteiger partial charge in [0.05, 0.1) is 50.1 Å². The van der Waals surface area contributed by atoms with Gasteiger partial charge in [0, 0.05) is 37.8 Å². The number of carbonyl (C=O) groups excluding carboxylic acids is 1. The summed E-state index contributed by atoms with van der Waals surface area (Å²) in [5.74, 6) is -1.70. The summed E-state index contributed by atoms with van der Waals surface area (Å²) < 4.78 is 30.4. The first-order valence-electron chi connectivity index (χ1n) is 8.68. The van der Waals surface area contributed by atoms with E-state index in [0.717, 1.165) is 6.20 Å². The smallest absolute Gasteiger partial charge is 0.314 e. The number of ether oxygens (including phenoxy) is 3. The lowest BCUT2D eigenvalue weighted by molar-refractivity contribution is -0.143. The summed E-state index contributed by atoms with van der Waals surface area (Å²) in [6.45, 7) is 2.32. The minimum Gasteiger partial charge on any atom is -0.481 e. The van der Waals surface area contributed by atoms with Crippen LogP contribution in [0.1, 0.15) is 11.5 Å². The van der Waals surface area contributed by atoms with Crippen molar-refractivity contribution in [1.29, 1.82) is 0 Å². The van der Waals surface area contributed by atoms with Crippen LogP contribution in [-0.2, 0) is 14.3 Å². The quantitative estimate of drug-likeness (QED) is 0.733. The van der Waals surface area contributed by atoms with Gasteiger partial charge in [-0.25, -0.2) is 9.37 Å². The monoisotopic (exact) mass is 378 g/mol. The van der Waals surface area contributed by atoms with E-state index in [1.54, 1.807) is 12.1 Å². The van der Waals surface area contributed by atoms with Crippen molar-refractivity contribution in [2.75, 3.05) is 47.0 Å². The number of aromatic nitrogens is 2. The van der Waals surface area contributed by atoms with Crippen LogP contribution in [0.15, 0.2) is 18.3 Å². The van der Waals surface area contributed by atoms with Crippen LogP contribution in [0.5, 0.6) is 5.88 Å². The SMILES string of the molecule is COC(=O)C(CN1CCO[C@@H](CN)C1)c1c(F)cnc2ccc(OC)nc12. The van der Waals surface area contributed by atoms with Crippen molar-refractivity contribution in [2.24, 2.45) is 5.73 Å². The largest absolute Gasteiger partial charge is 0.481 e. The third kappa shape index (κ3) is 4.15. The molecule has 0 aromatic carbocycles. The molecule has 3 rings (SSSR count). The summed E-state index contributed by atoms with van der Waals surface area (Å²) in [6.07, 6.45) is 0.985. The van der Waals surface area contributed by atoms with E-state index in [2.05, 4.69) is 9.97 Å². The van der Waals surface area contributed by atoms with Crippen molar-refractivity contribution in [3.8, 4) is 5.88 Å². The number of nitrogens with zero attached hydrogens (tertiary/aromatic N) is 3. The molecule has 0 aliphatic carbocycles. The van der Waals surface area contributed by atoms with E-state index in [0.29, 0.717) is 37.6 Å². The van der Waals surface area contributed by atoms with Gasteiger partial charge >= 0.3 is 5.97 Å². The fraction of sp³-hybridized carbons (Fsp3) is 0.500. The Morgan fingerprint density at radius 3 is 3.00 bits per heavy atom. The molecule has 0 radical (unpaired) electrons. The molecule has 2 N–H and O–H groups in total. The van der Waals surface area contributed by atoms with Gasteiger partial charge < -0.3 is 19.9 Å². The molecule has 9 heteroatoms. The van der Waals surface area contributed by atoms with E-state index in [-0.39, 0.29) is 23.7 Å². The maximum atomic E-state index is 14.8. The predicted molar refractivity (Wildman–Crippen MR) is 96.0 cm³/mol. The second kappa shape index (κ2) is 8.55.